The first-order valence-corrected chi connectivity index (χ1v) is 9.15. The number of aromatic nitrogens is 2. The highest BCUT2D eigenvalue weighted by atomic mass is 35.5. The number of fused-ring (bicyclic) bond motifs is 5. The average Bonchev–Trinajstić information content (AvgIpc) is 2.87. The van der Waals surface area contributed by atoms with Crippen LogP contribution in [0.2, 0.25) is 5.02 Å². The maximum atomic E-state index is 13.3. The number of amides is 1. The summed E-state index contributed by atoms with van der Waals surface area (Å²) in [6, 6.07) is 4.91. The first-order chi connectivity index (χ1) is 12.9. The molecule has 1 amide bonds. The van der Waals surface area contributed by atoms with E-state index < -0.39 is 16.9 Å². The number of nitrogens with one attached hydrogen (secondary N) is 3. The van der Waals surface area contributed by atoms with Crippen LogP contribution in [0.4, 0.5) is 5.69 Å². The van der Waals surface area contributed by atoms with Gasteiger partial charge in [0.15, 0.2) is 10.6 Å². The third-order valence-corrected chi connectivity index (χ3v) is 5.66. The van der Waals surface area contributed by atoms with E-state index in [0.717, 1.165) is 0 Å². The number of allylic oxidation sites excluding steroid dienone is 1. The Labute approximate surface area is 162 Å². The van der Waals surface area contributed by atoms with Gasteiger partial charge in [-0.15, -0.1) is 0 Å². The van der Waals surface area contributed by atoms with E-state index in [2.05, 4.69) is 15.3 Å². The fraction of sp³-hybridized carbons (Fsp3) is 0.222. The quantitative estimate of drug-likeness (QED) is 0.589. The number of ether oxygens (including phenoxy) is 1. The van der Waals surface area contributed by atoms with Gasteiger partial charge in [-0.3, -0.25) is 19.4 Å². The SMILES string of the molecule is O=C1CCCC2=C1C1(C(=O)Nc3ccc(Cl)cc31)c1c([nH]c(=S)[nH]c1=O)O2. The molecular formula is C18H12ClN3O4S. The fourth-order valence-electron chi connectivity index (χ4n) is 4.24. The monoisotopic (exact) mass is 401 g/mol. The van der Waals surface area contributed by atoms with Gasteiger partial charge >= 0.3 is 0 Å². The first kappa shape index (κ1) is 16.5. The number of rotatable bonds is 0. The van der Waals surface area contributed by atoms with Gasteiger partial charge in [0.2, 0.25) is 11.8 Å². The molecule has 1 unspecified atom stereocenters. The van der Waals surface area contributed by atoms with Crippen LogP contribution in [-0.2, 0) is 15.0 Å². The summed E-state index contributed by atoms with van der Waals surface area (Å²) in [4.78, 5) is 44.5. The predicted molar refractivity (Wildman–Crippen MR) is 99.6 cm³/mol. The van der Waals surface area contributed by atoms with Crippen LogP contribution in [0.15, 0.2) is 34.3 Å². The Morgan fingerprint density at radius 3 is 2.78 bits per heavy atom. The van der Waals surface area contributed by atoms with Crippen molar-refractivity contribution in [1.29, 1.82) is 0 Å². The van der Waals surface area contributed by atoms with Crippen LogP contribution in [-0.4, -0.2) is 21.7 Å². The largest absolute Gasteiger partial charge is 0.444 e. The number of ketones is 1. The number of halogens is 1. The number of Topliss-reactive ketones (excluding diaryl/α,β-unsaturated/α-hetero) is 1. The lowest BCUT2D eigenvalue weighted by atomic mass is 9.65. The van der Waals surface area contributed by atoms with Crippen molar-refractivity contribution in [1.82, 2.24) is 9.97 Å². The van der Waals surface area contributed by atoms with Gasteiger partial charge in [-0.2, -0.15) is 0 Å². The molecule has 9 heteroatoms. The molecule has 1 spiro atoms. The van der Waals surface area contributed by atoms with Crippen molar-refractivity contribution in [3.63, 3.8) is 0 Å². The Balaban J connectivity index is 1.99. The van der Waals surface area contributed by atoms with E-state index in [1.165, 1.54) is 0 Å². The van der Waals surface area contributed by atoms with Gasteiger partial charge in [0.05, 0.1) is 5.57 Å². The van der Waals surface area contributed by atoms with Crippen LogP contribution in [0.1, 0.15) is 30.4 Å². The van der Waals surface area contributed by atoms with Gasteiger partial charge in [0.1, 0.15) is 16.7 Å². The Morgan fingerprint density at radius 1 is 1.15 bits per heavy atom. The lowest BCUT2D eigenvalue weighted by molar-refractivity contribution is -0.123. The van der Waals surface area contributed by atoms with E-state index in [-0.39, 0.29) is 34.0 Å². The van der Waals surface area contributed by atoms with E-state index in [0.29, 0.717) is 34.9 Å². The highest BCUT2D eigenvalue weighted by Gasteiger charge is 2.60. The molecule has 1 aliphatic carbocycles. The molecule has 7 nitrogen and oxygen atoms in total. The third kappa shape index (κ3) is 2.02. The van der Waals surface area contributed by atoms with Crippen LogP contribution in [0, 0.1) is 4.77 Å². The Morgan fingerprint density at radius 2 is 1.96 bits per heavy atom. The third-order valence-electron chi connectivity index (χ3n) is 5.22. The molecule has 0 saturated heterocycles. The summed E-state index contributed by atoms with van der Waals surface area (Å²) in [6.45, 7) is 0. The van der Waals surface area contributed by atoms with Gasteiger partial charge in [-0.05, 0) is 36.8 Å². The minimum atomic E-state index is -1.62. The summed E-state index contributed by atoms with van der Waals surface area (Å²) >= 11 is 11.2. The van der Waals surface area contributed by atoms with E-state index in [1.54, 1.807) is 18.2 Å². The molecule has 3 N–H and O–H groups in total. The molecule has 27 heavy (non-hydrogen) atoms. The molecule has 1 aromatic carbocycles. The van der Waals surface area contributed by atoms with Gasteiger partial charge in [-0.1, -0.05) is 11.6 Å². The molecule has 1 atom stereocenters. The molecule has 1 aromatic heterocycles. The minimum Gasteiger partial charge on any atom is -0.444 e. The molecule has 3 heterocycles. The zero-order valence-corrected chi connectivity index (χ0v) is 15.3. The van der Waals surface area contributed by atoms with Crippen LogP contribution in [0.25, 0.3) is 0 Å². The highest BCUT2D eigenvalue weighted by molar-refractivity contribution is 7.71. The molecule has 3 aliphatic rings. The van der Waals surface area contributed by atoms with Crippen molar-refractivity contribution < 1.29 is 14.3 Å². The van der Waals surface area contributed by atoms with Crippen molar-refractivity contribution >= 4 is 41.2 Å². The van der Waals surface area contributed by atoms with Crippen molar-refractivity contribution in [2.24, 2.45) is 0 Å². The Bertz CT molecular complexity index is 1210. The molecule has 136 valence electrons. The van der Waals surface area contributed by atoms with Crippen molar-refractivity contribution in [2.45, 2.75) is 24.7 Å². The maximum absolute atomic E-state index is 13.3. The average molecular weight is 402 g/mol. The summed E-state index contributed by atoms with van der Waals surface area (Å²) in [5.41, 5.74) is -1.01. The van der Waals surface area contributed by atoms with E-state index >= 15 is 0 Å². The summed E-state index contributed by atoms with van der Waals surface area (Å²) < 4.78 is 5.93. The highest BCUT2D eigenvalue weighted by Crippen LogP contribution is 2.54. The standard InChI is InChI=1S/C18H12ClN3O4S/c19-7-4-5-9-8(6-7)18(16(25)20-9)12-10(23)2-1-3-11(12)26-15-13(18)14(24)21-17(27)22-15/h4-6H,1-3H2,(H,20,25)(H2,21,22,24,27). The molecular weight excluding hydrogens is 390 g/mol. The summed E-state index contributed by atoms with van der Waals surface area (Å²) in [7, 11) is 0. The normalized spacial score (nSPS) is 22.9. The molecule has 5 rings (SSSR count). The minimum absolute atomic E-state index is 0.0172. The summed E-state index contributed by atoms with van der Waals surface area (Å²) in [5, 5.41) is 3.18. The van der Waals surface area contributed by atoms with Gasteiger partial charge in [0, 0.05) is 29.1 Å². The summed E-state index contributed by atoms with van der Waals surface area (Å²) in [6.07, 6.45) is 1.37. The molecule has 0 fully saturated rings. The van der Waals surface area contributed by atoms with Gasteiger partial charge < -0.3 is 15.0 Å². The number of carbonyl (C=O) groups excluding carboxylic acids is 2. The molecule has 2 aromatic rings. The van der Waals surface area contributed by atoms with Crippen molar-refractivity contribution in [3.8, 4) is 5.88 Å². The smallest absolute Gasteiger partial charge is 0.260 e. The molecule has 0 saturated carbocycles. The van der Waals surface area contributed by atoms with E-state index in [4.69, 9.17) is 28.6 Å². The van der Waals surface area contributed by atoms with E-state index in [9.17, 15) is 14.4 Å². The van der Waals surface area contributed by atoms with Crippen LogP contribution in [0.5, 0.6) is 5.88 Å². The predicted octanol–water partition coefficient (Wildman–Crippen LogP) is 2.72. The van der Waals surface area contributed by atoms with Crippen molar-refractivity contribution in [3.05, 3.63) is 60.8 Å². The van der Waals surface area contributed by atoms with Crippen LogP contribution in [0.3, 0.4) is 0 Å². The number of aromatic amines is 2. The molecule has 0 radical (unpaired) electrons. The van der Waals surface area contributed by atoms with Gasteiger partial charge in [0.25, 0.3) is 5.56 Å². The number of hydrogen-bond donors (Lipinski definition) is 3. The fourth-order valence-corrected chi connectivity index (χ4v) is 4.59. The van der Waals surface area contributed by atoms with Gasteiger partial charge in [-0.25, -0.2) is 0 Å². The first-order valence-electron chi connectivity index (χ1n) is 8.36. The topological polar surface area (TPSA) is 104 Å². The molecule has 2 aliphatic heterocycles. The lowest BCUT2D eigenvalue weighted by Gasteiger charge is -2.37. The van der Waals surface area contributed by atoms with Crippen LogP contribution < -0.4 is 15.6 Å². The number of carbonyl (C=O) groups is 2. The lowest BCUT2D eigenvalue weighted by Crippen LogP contribution is -2.48. The number of benzene rings is 1. The second kappa shape index (κ2) is 5.40. The number of H-pyrrole nitrogens is 2. The molecule has 0 bridgehead atoms. The Kier molecular flexibility index (Phi) is 3.29. The second-order valence-electron chi connectivity index (χ2n) is 6.68. The van der Waals surface area contributed by atoms with E-state index in [1.807, 2.05) is 0 Å². The second-order valence-corrected chi connectivity index (χ2v) is 7.53. The zero-order valence-electron chi connectivity index (χ0n) is 13.8. The zero-order chi connectivity index (χ0) is 18.9. The maximum Gasteiger partial charge on any atom is 0.260 e. The Hall–Kier alpha value is -2.71. The number of hydrogen-bond acceptors (Lipinski definition) is 5. The van der Waals surface area contributed by atoms with Crippen LogP contribution >= 0.6 is 23.8 Å². The van der Waals surface area contributed by atoms with Crippen molar-refractivity contribution in [2.75, 3.05) is 5.32 Å². The number of anilines is 1. The summed E-state index contributed by atoms with van der Waals surface area (Å²) in [5.74, 6) is -0.229.